The number of likely N-dealkylation sites (tertiary alicyclic amines) is 1. The molecular weight excluding hydrogens is 358 g/mol. The summed E-state index contributed by atoms with van der Waals surface area (Å²) >= 11 is 1.35. The summed E-state index contributed by atoms with van der Waals surface area (Å²) in [6, 6.07) is 2.00. The number of carbonyl (C=O) groups is 2. The molecule has 0 radical (unpaired) electrons. The van der Waals surface area contributed by atoms with E-state index in [1.54, 1.807) is 0 Å². The second-order valence-electron chi connectivity index (χ2n) is 8.44. The van der Waals surface area contributed by atoms with Gasteiger partial charge < -0.3 is 16.0 Å². The zero-order valence-corrected chi connectivity index (χ0v) is 17.6. The third-order valence-corrected chi connectivity index (χ3v) is 5.77. The smallest absolute Gasteiger partial charge is 0.264 e. The topological polar surface area (TPSA) is 75.4 Å². The van der Waals surface area contributed by atoms with E-state index in [-0.39, 0.29) is 35.7 Å². The summed E-state index contributed by atoms with van der Waals surface area (Å²) in [6.07, 6.45) is 0.816. The molecule has 1 aromatic heterocycles. The third kappa shape index (κ3) is 4.96. The van der Waals surface area contributed by atoms with E-state index in [1.165, 1.54) is 11.3 Å². The Balaban J connectivity index is 0.00000312. The summed E-state index contributed by atoms with van der Waals surface area (Å²) < 4.78 is 0. The van der Waals surface area contributed by atoms with Crippen molar-refractivity contribution >= 4 is 40.6 Å². The Hall–Kier alpha value is -1.11. The number of nitrogens with two attached hydrogens (primary N) is 1. The molecule has 1 unspecified atom stereocenters. The van der Waals surface area contributed by atoms with Crippen LogP contribution >= 0.6 is 23.7 Å². The van der Waals surface area contributed by atoms with E-state index in [2.05, 4.69) is 19.2 Å². The molecule has 1 aromatic rings. The SMILES string of the molecule is Cc1cc(NC(=O)C(C)(C)C)sc1C(=O)N1CCC(N)C(C)(C)C1.Cl. The molecule has 5 nitrogen and oxygen atoms in total. The third-order valence-electron chi connectivity index (χ3n) is 4.63. The first-order valence-electron chi connectivity index (χ1n) is 8.38. The molecule has 7 heteroatoms. The van der Waals surface area contributed by atoms with E-state index in [0.717, 1.165) is 17.0 Å². The van der Waals surface area contributed by atoms with Gasteiger partial charge in [-0.3, -0.25) is 9.59 Å². The highest BCUT2D eigenvalue weighted by molar-refractivity contribution is 7.18. The van der Waals surface area contributed by atoms with E-state index in [9.17, 15) is 9.59 Å². The first-order valence-corrected chi connectivity index (χ1v) is 9.20. The van der Waals surface area contributed by atoms with Gasteiger partial charge in [-0.2, -0.15) is 0 Å². The number of nitrogens with one attached hydrogen (secondary N) is 1. The van der Waals surface area contributed by atoms with Gasteiger partial charge in [-0.1, -0.05) is 34.6 Å². The predicted molar refractivity (Wildman–Crippen MR) is 107 cm³/mol. The lowest BCUT2D eigenvalue weighted by Crippen LogP contribution is -2.53. The molecule has 0 aromatic carbocycles. The Kier molecular flexibility index (Phi) is 6.70. The summed E-state index contributed by atoms with van der Waals surface area (Å²) in [6.45, 7) is 13.1. The molecule has 1 saturated heterocycles. The number of rotatable bonds is 2. The van der Waals surface area contributed by atoms with Crippen molar-refractivity contribution in [2.75, 3.05) is 18.4 Å². The van der Waals surface area contributed by atoms with Crippen LogP contribution in [0.2, 0.25) is 0 Å². The monoisotopic (exact) mass is 387 g/mol. The lowest BCUT2D eigenvalue weighted by Gasteiger charge is -2.42. The Labute approximate surface area is 160 Å². The number of hydrogen-bond acceptors (Lipinski definition) is 4. The maximum atomic E-state index is 12.9. The second-order valence-corrected chi connectivity index (χ2v) is 9.49. The molecule has 25 heavy (non-hydrogen) atoms. The van der Waals surface area contributed by atoms with Gasteiger partial charge in [0, 0.05) is 24.5 Å². The highest BCUT2D eigenvalue weighted by Gasteiger charge is 2.36. The normalized spacial score (nSPS) is 20.0. The van der Waals surface area contributed by atoms with Crippen molar-refractivity contribution < 1.29 is 9.59 Å². The summed E-state index contributed by atoms with van der Waals surface area (Å²) in [5.41, 5.74) is 6.52. The van der Waals surface area contributed by atoms with Crippen molar-refractivity contribution in [3.63, 3.8) is 0 Å². The fraction of sp³-hybridized carbons (Fsp3) is 0.667. The molecule has 0 saturated carbocycles. The molecule has 2 amide bonds. The number of anilines is 1. The molecular formula is C18H30ClN3O2S. The maximum absolute atomic E-state index is 12.9. The van der Waals surface area contributed by atoms with E-state index >= 15 is 0 Å². The number of piperidine rings is 1. The molecule has 1 aliphatic heterocycles. The minimum Gasteiger partial charge on any atom is -0.337 e. The number of amides is 2. The van der Waals surface area contributed by atoms with E-state index in [0.29, 0.717) is 18.0 Å². The molecule has 3 N–H and O–H groups in total. The van der Waals surface area contributed by atoms with Crippen molar-refractivity contribution in [1.82, 2.24) is 4.90 Å². The number of aryl methyl sites for hydroxylation is 1. The van der Waals surface area contributed by atoms with Crippen molar-refractivity contribution in [2.24, 2.45) is 16.6 Å². The molecule has 2 heterocycles. The number of halogens is 1. The fourth-order valence-corrected chi connectivity index (χ4v) is 3.78. The lowest BCUT2D eigenvalue weighted by atomic mass is 9.79. The summed E-state index contributed by atoms with van der Waals surface area (Å²) in [7, 11) is 0. The quantitative estimate of drug-likeness (QED) is 0.812. The Morgan fingerprint density at radius 3 is 2.48 bits per heavy atom. The molecule has 0 aliphatic carbocycles. The van der Waals surface area contributed by atoms with Crippen LogP contribution in [0.4, 0.5) is 5.00 Å². The largest absolute Gasteiger partial charge is 0.337 e. The van der Waals surface area contributed by atoms with Crippen LogP contribution in [0.15, 0.2) is 6.07 Å². The molecule has 142 valence electrons. The summed E-state index contributed by atoms with van der Waals surface area (Å²) in [5.74, 6) is -0.0124. The number of nitrogens with zero attached hydrogens (tertiary/aromatic N) is 1. The predicted octanol–water partition coefficient (Wildman–Crippen LogP) is 3.66. The molecule has 1 aliphatic rings. The van der Waals surface area contributed by atoms with Crippen LogP contribution in [0, 0.1) is 17.8 Å². The van der Waals surface area contributed by atoms with Crippen LogP contribution in [-0.2, 0) is 4.79 Å². The Morgan fingerprint density at radius 1 is 1.36 bits per heavy atom. The molecule has 1 fully saturated rings. The first-order chi connectivity index (χ1) is 10.9. The van der Waals surface area contributed by atoms with Crippen LogP contribution in [0.5, 0.6) is 0 Å². The van der Waals surface area contributed by atoms with Gasteiger partial charge in [-0.05, 0) is 30.4 Å². The van der Waals surface area contributed by atoms with Gasteiger partial charge in [0.25, 0.3) is 5.91 Å². The van der Waals surface area contributed by atoms with Gasteiger partial charge in [0.2, 0.25) is 5.91 Å². The van der Waals surface area contributed by atoms with Gasteiger partial charge in [0.05, 0.1) is 9.88 Å². The van der Waals surface area contributed by atoms with Crippen molar-refractivity contribution in [3.05, 3.63) is 16.5 Å². The van der Waals surface area contributed by atoms with Crippen LogP contribution < -0.4 is 11.1 Å². The first kappa shape index (κ1) is 21.9. The van der Waals surface area contributed by atoms with Gasteiger partial charge in [0.1, 0.15) is 0 Å². The van der Waals surface area contributed by atoms with Gasteiger partial charge in [0.15, 0.2) is 0 Å². The zero-order valence-electron chi connectivity index (χ0n) is 15.9. The van der Waals surface area contributed by atoms with Crippen molar-refractivity contribution in [1.29, 1.82) is 0 Å². The number of carbonyl (C=O) groups excluding carboxylic acids is 2. The maximum Gasteiger partial charge on any atom is 0.264 e. The van der Waals surface area contributed by atoms with Crippen molar-refractivity contribution in [2.45, 2.75) is 54.0 Å². The summed E-state index contributed by atoms with van der Waals surface area (Å²) in [4.78, 5) is 27.6. The minimum atomic E-state index is -0.463. The van der Waals surface area contributed by atoms with E-state index < -0.39 is 5.41 Å². The molecule has 0 bridgehead atoms. The second kappa shape index (κ2) is 7.64. The van der Waals surface area contributed by atoms with Gasteiger partial charge in [-0.25, -0.2) is 0 Å². The Bertz CT molecular complexity index is 649. The average molecular weight is 388 g/mol. The number of thiophene rings is 1. The zero-order chi connectivity index (χ0) is 18.3. The summed E-state index contributed by atoms with van der Waals surface area (Å²) in [5, 5.41) is 3.64. The van der Waals surface area contributed by atoms with Gasteiger partial charge in [-0.15, -0.1) is 23.7 Å². The number of hydrogen-bond donors (Lipinski definition) is 2. The van der Waals surface area contributed by atoms with Gasteiger partial charge >= 0.3 is 0 Å². The molecule has 1 atom stereocenters. The van der Waals surface area contributed by atoms with E-state index in [4.69, 9.17) is 5.73 Å². The standard InChI is InChI=1S/C18H29N3O2S.ClH/c1-11-9-13(20-16(23)17(2,3)4)24-14(11)15(22)21-8-7-12(19)18(5,6)10-21;/h9,12H,7-8,10,19H2,1-6H3,(H,20,23);1H. The average Bonchev–Trinajstić information content (AvgIpc) is 2.80. The lowest BCUT2D eigenvalue weighted by molar-refractivity contribution is -0.123. The van der Waals surface area contributed by atoms with Crippen LogP contribution in [0.3, 0.4) is 0 Å². The fourth-order valence-electron chi connectivity index (χ4n) is 2.75. The van der Waals surface area contributed by atoms with E-state index in [1.807, 2.05) is 38.7 Å². The van der Waals surface area contributed by atoms with Crippen LogP contribution in [-0.4, -0.2) is 35.8 Å². The molecule has 0 spiro atoms. The van der Waals surface area contributed by atoms with Crippen LogP contribution in [0.25, 0.3) is 0 Å². The Morgan fingerprint density at radius 2 is 1.96 bits per heavy atom. The molecule has 2 rings (SSSR count). The van der Waals surface area contributed by atoms with Crippen LogP contribution in [0.1, 0.15) is 56.3 Å². The minimum absolute atomic E-state index is 0. The highest BCUT2D eigenvalue weighted by Crippen LogP contribution is 2.33. The highest BCUT2D eigenvalue weighted by atomic mass is 35.5. The van der Waals surface area contributed by atoms with Crippen molar-refractivity contribution in [3.8, 4) is 0 Å².